The minimum atomic E-state index is -0.642. The van der Waals surface area contributed by atoms with Gasteiger partial charge in [-0.25, -0.2) is 4.79 Å². The number of ether oxygens (including phenoxy) is 4. The van der Waals surface area contributed by atoms with E-state index in [2.05, 4.69) is 0 Å². The highest BCUT2D eigenvalue weighted by atomic mass is 16.7. The molecule has 0 N–H and O–H groups in total. The van der Waals surface area contributed by atoms with E-state index in [1.165, 1.54) is 6.08 Å². The van der Waals surface area contributed by atoms with Crippen LogP contribution in [0.2, 0.25) is 0 Å². The highest BCUT2D eigenvalue weighted by Gasteiger charge is 2.37. The Balaban J connectivity index is 2.00. The van der Waals surface area contributed by atoms with Crippen LogP contribution in [-0.2, 0) is 30.3 Å². The molecule has 0 bridgehead atoms. The summed E-state index contributed by atoms with van der Waals surface area (Å²) in [4.78, 5) is 11.5. The van der Waals surface area contributed by atoms with E-state index in [4.69, 9.17) is 18.9 Å². The Kier molecular flexibility index (Phi) is 6.33. The molecule has 126 valence electrons. The molecule has 0 aliphatic carbocycles. The topological polar surface area (TPSA) is 54.0 Å². The fraction of sp³-hybridized carbons (Fsp3) is 0.500. The normalized spacial score (nSPS) is 21.4. The van der Waals surface area contributed by atoms with Gasteiger partial charge in [0.2, 0.25) is 0 Å². The molecular weight excluding hydrogens is 296 g/mol. The molecule has 2 rings (SSSR count). The molecule has 1 saturated heterocycles. The van der Waals surface area contributed by atoms with Crippen molar-refractivity contribution in [2.45, 2.75) is 45.4 Å². The van der Waals surface area contributed by atoms with Crippen molar-refractivity contribution >= 4 is 5.97 Å². The molecule has 2 atom stereocenters. The first-order valence-corrected chi connectivity index (χ1v) is 7.82. The van der Waals surface area contributed by atoms with Crippen LogP contribution in [0.15, 0.2) is 42.5 Å². The summed E-state index contributed by atoms with van der Waals surface area (Å²) in [6.45, 7) is 6.67. The molecule has 0 aromatic heterocycles. The van der Waals surface area contributed by atoms with Crippen LogP contribution >= 0.6 is 0 Å². The molecule has 1 fully saturated rings. The number of hydrogen-bond acceptors (Lipinski definition) is 5. The fourth-order valence-electron chi connectivity index (χ4n) is 2.29. The van der Waals surface area contributed by atoms with E-state index >= 15 is 0 Å². The molecule has 0 amide bonds. The third-order valence-electron chi connectivity index (χ3n) is 3.39. The van der Waals surface area contributed by atoms with Crippen LogP contribution in [0.4, 0.5) is 0 Å². The van der Waals surface area contributed by atoms with Crippen LogP contribution in [0.25, 0.3) is 0 Å². The molecule has 1 aliphatic rings. The zero-order valence-electron chi connectivity index (χ0n) is 13.9. The van der Waals surface area contributed by atoms with E-state index in [0.29, 0.717) is 19.8 Å². The lowest BCUT2D eigenvalue weighted by Crippen LogP contribution is -2.31. The molecule has 1 aromatic carbocycles. The molecule has 23 heavy (non-hydrogen) atoms. The van der Waals surface area contributed by atoms with Crippen molar-refractivity contribution in [3.63, 3.8) is 0 Å². The molecule has 1 heterocycles. The van der Waals surface area contributed by atoms with Crippen molar-refractivity contribution < 1.29 is 23.7 Å². The summed E-state index contributed by atoms with van der Waals surface area (Å²) < 4.78 is 22.3. The molecule has 1 aromatic rings. The van der Waals surface area contributed by atoms with Gasteiger partial charge in [-0.15, -0.1) is 0 Å². The van der Waals surface area contributed by atoms with Gasteiger partial charge < -0.3 is 18.9 Å². The standard InChI is InChI=1S/C18H24O5/c1-4-20-17(19)11-10-15(16-13-22-18(2,3)23-16)21-12-14-8-6-5-7-9-14/h5-11,15-16H,4,12-13H2,1-3H3/b11-10-/t15-,16+/m1/s1. The first-order valence-electron chi connectivity index (χ1n) is 7.82. The average Bonchev–Trinajstić information content (AvgIpc) is 2.88. The first kappa shape index (κ1) is 17.7. The molecule has 5 nitrogen and oxygen atoms in total. The summed E-state index contributed by atoms with van der Waals surface area (Å²) in [6.07, 6.45) is 2.41. The summed E-state index contributed by atoms with van der Waals surface area (Å²) >= 11 is 0. The van der Waals surface area contributed by atoms with Crippen LogP contribution in [0, 0.1) is 0 Å². The summed E-state index contributed by atoms with van der Waals surface area (Å²) in [5.41, 5.74) is 1.06. The second-order valence-electron chi connectivity index (χ2n) is 5.74. The minimum Gasteiger partial charge on any atom is -0.463 e. The largest absolute Gasteiger partial charge is 0.463 e. The zero-order valence-corrected chi connectivity index (χ0v) is 13.9. The smallest absolute Gasteiger partial charge is 0.330 e. The van der Waals surface area contributed by atoms with Gasteiger partial charge in [0, 0.05) is 6.08 Å². The van der Waals surface area contributed by atoms with Gasteiger partial charge in [0.1, 0.15) is 12.2 Å². The van der Waals surface area contributed by atoms with Crippen LogP contribution in [0.1, 0.15) is 26.3 Å². The van der Waals surface area contributed by atoms with Gasteiger partial charge in [-0.2, -0.15) is 0 Å². The number of hydrogen-bond donors (Lipinski definition) is 0. The fourth-order valence-corrected chi connectivity index (χ4v) is 2.29. The lowest BCUT2D eigenvalue weighted by atomic mass is 10.2. The molecule has 0 saturated carbocycles. The lowest BCUT2D eigenvalue weighted by Gasteiger charge is -2.22. The van der Waals surface area contributed by atoms with E-state index in [9.17, 15) is 4.79 Å². The van der Waals surface area contributed by atoms with E-state index in [0.717, 1.165) is 5.56 Å². The van der Waals surface area contributed by atoms with E-state index in [1.54, 1.807) is 13.0 Å². The average molecular weight is 320 g/mol. The Morgan fingerprint density at radius 3 is 2.74 bits per heavy atom. The Morgan fingerprint density at radius 1 is 1.39 bits per heavy atom. The van der Waals surface area contributed by atoms with Crippen molar-refractivity contribution in [1.29, 1.82) is 0 Å². The van der Waals surface area contributed by atoms with Crippen LogP contribution in [0.5, 0.6) is 0 Å². The maximum atomic E-state index is 11.5. The monoisotopic (exact) mass is 320 g/mol. The number of rotatable bonds is 7. The summed E-state index contributed by atoms with van der Waals surface area (Å²) in [7, 11) is 0. The number of benzene rings is 1. The Morgan fingerprint density at radius 2 is 2.13 bits per heavy atom. The van der Waals surface area contributed by atoms with Crippen LogP contribution < -0.4 is 0 Å². The first-order chi connectivity index (χ1) is 11.0. The molecule has 0 spiro atoms. The van der Waals surface area contributed by atoms with Crippen molar-refractivity contribution in [2.75, 3.05) is 13.2 Å². The maximum Gasteiger partial charge on any atom is 0.330 e. The molecule has 1 aliphatic heterocycles. The zero-order chi connectivity index (χ0) is 16.7. The van der Waals surface area contributed by atoms with Gasteiger partial charge in [0.25, 0.3) is 0 Å². The van der Waals surface area contributed by atoms with E-state index in [1.807, 2.05) is 44.2 Å². The Labute approximate surface area is 137 Å². The van der Waals surface area contributed by atoms with Gasteiger partial charge in [-0.3, -0.25) is 0 Å². The summed E-state index contributed by atoms with van der Waals surface area (Å²) in [5, 5.41) is 0. The third-order valence-corrected chi connectivity index (χ3v) is 3.39. The lowest BCUT2D eigenvalue weighted by molar-refractivity contribution is -0.152. The van der Waals surface area contributed by atoms with Gasteiger partial charge >= 0.3 is 5.97 Å². The molecule has 5 heteroatoms. The summed E-state index contributed by atoms with van der Waals surface area (Å²) in [5.74, 6) is -1.03. The van der Waals surface area contributed by atoms with Gasteiger partial charge in [-0.1, -0.05) is 30.3 Å². The van der Waals surface area contributed by atoms with Crippen molar-refractivity contribution in [1.82, 2.24) is 0 Å². The van der Waals surface area contributed by atoms with Gasteiger partial charge in [0.05, 0.1) is 19.8 Å². The molecule has 0 unspecified atom stereocenters. The highest BCUT2D eigenvalue weighted by Crippen LogP contribution is 2.26. The predicted octanol–water partition coefficient (Wildman–Crippen LogP) is 2.84. The van der Waals surface area contributed by atoms with Crippen molar-refractivity contribution in [3.05, 3.63) is 48.0 Å². The molecule has 0 radical (unpaired) electrons. The predicted molar refractivity (Wildman–Crippen MR) is 85.7 cm³/mol. The SMILES string of the molecule is CCOC(=O)/C=C\[C@@H](OCc1ccccc1)[C@@H]1COC(C)(C)O1. The van der Waals surface area contributed by atoms with Crippen LogP contribution in [-0.4, -0.2) is 37.2 Å². The van der Waals surface area contributed by atoms with Crippen molar-refractivity contribution in [2.24, 2.45) is 0 Å². The number of esters is 1. The quantitative estimate of drug-likeness (QED) is 0.571. The third kappa shape index (κ3) is 5.78. The number of carbonyl (C=O) groups excluding carboxylic acids is 1. The Hall–Kier alpha value is -1.69. The highest BCUT2D eigenvalue weighted by molar-refractivity contribution is 5.81. The Bertz CT molecular complexity index is 523. The molecular formula is C18H24O5. The maximum absolute atomic E-state index is 11.5. The second kappa shape index (κ2) is 8.24. The number of carbonyl (C=O) groups is 1. The van der Waals surface area contributed by atoms with E-state index < -0.39 is 5.79 Å². The van der Waals surface area contributed by atoms with E-state index in [-0.39, 0.29) is 18.2 Å². The van der Waals surface area contributed by atoms with Gasteiger partial charge in [0.15, 0.2) is 5.79 Å². The minimum absolute atomic E-state index is 0.264. The second-order valence-corrected chi connectivity index (χ2v) is 5.74. The summed E-state index contributed by atoms with van der Waals surface area (Å²) in [6, 6.07) is 9.85. The van der Waals surface area contributed by atoms with Crippen LogP contribution in [0.3, 0.4) is 0 Å². The van der Waals surface area contributed by atoms with Crippen molar-refractivity contribution in [3.8, 4) is 0 Å². The van der Waals surface area contributed by atoms with Gasteiger partial charge in [-0.05, 0) is 32.4 Å².